The van der Waals surface area contributed by atoms with Gasteiger partial charge in [0.05, 0.1) is 23.2 Å². The van der Waals surface area contributed by atoms with Crippen LogP contribution >= 0.6 is 0 Å². The second kappa shape index (κ2) is 8.49. The SMILES string of the molecule is COc1ccc(CC[C@@H]([C@H](O)C(F)(F)F)[S@@](=O)c2ccccc2)cc1. The van der Waals surface area contributed by atoms with Gasteiger partial charge < -0.3 is 9.84 Å². The van der Waals surface area contributed by atoms with Crippen LogP contribution in [0.5, 0.6) is 5.75 Å². The summed E-state index contributed by atoms with van der Waals surface area (Å²) in [5.41, 5.74) is 0.783. The third kappa shape index (κ3) is 5.31. The summed E-state index contributed by atoms with van der Waals surface area (Å²) in [5, 5.41) is 8.26. The highest BCUT2D eigenvalue weighted by Gasteiger charge is 2.45. The number of ether oxygens (including phenoxy) is 1. The third-order valence-electron chi connectivity index (χ3n) is 3.81. The summed E-state index contributed by atoms with van der Waals surface area (Å²) < 4.78 is 56.6. The number of aliphatic hydroxyl groups is 1. The Bertz CT molecular complexity index is 687. The maximum absolute atomic E-state index is 13.0. The van der Waals surface area contributed by atoms with Crippen LogP contribution in [0.25, 0.3) is 0 Å². The Balaban J connectivity index is 2.17. The van der Waals surface area contributed by atoms with Crippen LogP contribution in [0.15, 0.2) is 59.5 Å². The van der Waals surface area contributed by atoms with E-state index in [-0.39, 0.29) is 17.7 Å². The molecule has 3 atom stereocenters. The molecular formula is C18H19F3O3S. The largest absolute Gasteiger partial charge is 0.497 e. The fourth-order valence-corrected chi connectivity index (χ4v) is 3.92. The smallest absolute Gasteiger partial charge is 0.415 e. The molecule has 3 nitrogen and oxygen atoms in total. The van der Waals surface area contributed by atoms with Crippen molar-refractivity contribution in [1.29, 1.82) is 0 Å². The van der Waals surface area contributed by atoms with Crippen molar-refractivity contribution < 1.29 is 27.2 Å². The van der Waals surface area contributed by atoms with Crippen LogP contribution in [0.2, 0.25) is 0 Å². The Hall–Kier alpha value is -1.86. The second-order valence-electron chi connectivity index (χ2n) is 5.52. The van der Waals surface area contributed by atoms with Gasteiger partial charge in [0.2, 0.25) is 0 Å². The highest BCUT2D eigenvalue weighted by Crippen LogP contribution is 2.29. The summed E-state index contributed by atoms with van der Waals surface area (Å²) in [6.07, 6.45) is -7.27. The quantitative estimate of drug-likeness (QED) is 0.806. The first-order valence-corrected chi connectivity index (χ1v) is 8.87. The minimum absolute atomic E-state index is 0.0610. The van der Waals surface area contributed by atoms with Gasteiger partial charge in [0, 0.05) is 4.90 Å². The second-order valence-corrected chi connectivity index (χ2v) is 7.19. The van der Waals surface area contributed by atoms with E-state index >= 15 is 0 Å². The zero-order chi connectivity index (χ0) is 18.4. The van der Waals surface area contributed by atoms with E-state index in [0.717, 1.165) is 5.56 Å². The van der Waals surface area contributed by atoms with E-state index in [2.05, 4.69) is 0 Å². The van der Waals surface area contributed by atoms with Crippen molar-refractivity contribution >= 4 is 10.8 Å². The van der Waals surface area contributed by atoms with Gasteiger partial charge in [0.1, 0.15) is 5.75 Å². The van der Waals surface area contributed by atoms with Gasteiger partial charge in [-0.2, -0.15) is 13.2 Å². The van der Waals surface area contributed by atoms with Crippen molar-refractivity contribution in [3.05, 3.63) is 60.2 Å². The molecule has 0 bridgehead atoms. The lowest BCUT2D eigenvalue weighted by Gasteiger charge is -2.24. The Morgan fingerprint density at radius 2 is 1.68 bits per heavy atom. The van der Waals surface area contributed by atoms with Crippen LogP contribution in [-0.2, 0) is 17.2 Å². The molecule has 0 aliphatic heterocycles. The molecular weight excluding hydrogens is 353 g/mol. The average molecular weight is 372 g/mol. The Morgan fingerprint density at radius 1 is 1.08 bits per heavy atom. The number of halogens is 3. The first-order valence-electron chi connectivity index (χ1n) is 7.66. The molecule has 0 aromatic heterocycles. The van der Waals surface area contributed by atoms with Crippen LogP contribution in [0.4, 0.5) is 13.2 Å². The van der Waals surface area contributed by atoms with Crippen molar-refractivity contribution in [1.82, 2.24) is 0 Å². The van der Waals surface area contributed by atoms with Crippen LogP contribution in [0.1, 0.15) is 12.0 Å². The van der Waals surface area contributed by atoms with E-state index in [1.54, 1.807) is 42.5 Å². The van der Waals surface area contributed by atoms with Crippen LogP contribution < -0.4 is 4.74 Å². The maximum Gasteiger partial charge on any atom is 0.415 e. The molecule has 0 fully saturated rings. The monoisotopic (exact) mass is 372 g/mol. The van der Waals surface area contributed by atoms with Gasteiger partial charge in [0.15, 0.2) is 6.10 Å². The highest BCUT2D eigenvalue weighted by molar-refractivity contribution is 7.85. The maximum atomic E-state index is 13.0. The number of aryl methyl sites for hydroxylation is 1. The van der Waals surface area contributed by atoms with Gasteiger partial charge in [-0.1, -0.05) is 30.3 Å². The Morgan fingerprint density at radius 3 is 2.20 bits per heavy atom. The lowest BCUT2D eigenvalue weighted by atomic mass is 10.1. The molecule has 7 heteroatoms. The minimum Gasteiger partial charge on any atom is -0.497 e. The van der Waals surface area contributed by atoms with Crippen molar-refractivity contribution in [2.75, 3.05) is 7.11 Å². The fourth-order valence-electron chi connectivity index (χ4n) is 2.42. The lowest BCUT2D eigenvalue weighted by Crippen LogP contribution is -2.42. The van der Waals surface area contributed by atoms with E-state index in [9.17, 15) is 22.5 Å². The summed E-state index contributed by atoms with van der Waals surface area (Å²) in [5.74, 6) is 0.642. The Labute approximate surface area is 146 Å². The summed E-state index contributed by atoms with van der Waals surface area (Å²) in [4.78, 5) is 0.269. The third-order valence-corrected chi connectivity index (χ3v) is 5.59. The summed E-state index contributed by atoms with van der Waals surface area (Å²) in [6.45, 7) is 0. The van der Waals surface area contributed by atoms with Crippen molar-refractivity contribution in [3.8, 4) is 5.75 Å². The van der Waals surface area contributed by atoms with E-state index < -0.39 is 28.3 Å². The van der Waals surface area contributed by atoms with E-state index in [1.807, 2.05) is 0 Å². The number of aliphatic hydroxyl groups excluding tert-OH is 1. The molecule has 25 heavy (non-hydrogen) atoms. The number of hydrogen-bond donors (Lipinski definition) is 1. The molecule has 2 rings (SSSR count). The molecule has 0 amide bonds. The number of rotatable bonds is 7. The molecule has 0 unspecified atom stereocenters. The first-order chi connectivity index (χ1) is 11.8. The summed E-state index contributed by atoms with van der Waals surface area (Å²) in [7, 11) is -0.451. The molecule has 0 saturated heterocycles. The van der Waals surface area contributed by atoms with E-state index in [1.165, 1.54) is 19.2 Å². The normalized spacial score (nSPS) is 15.4. The summed E-state index contributed by atoms with van der Waals surface area (Å²) in [6, 6.07) is 14.8. The fraction of sp³-hybridized carbons (Fsp3) is 0.333. The number of methoxy groups -OCH3 is 1. The van der Waals surface area contributed by atoms with E-state index in [4.69, 9.17) is 4.74 Å². The molecule has 0 radical (unpaired) electrons. The van der Waals surface area contributed by atoms with Crippen LogP contribution in [0.3, 0.4) is 0 Å². The highest BCUT2D eigenvalue weighted by atomic mass is 32.2. The van der Waals surface area contributed by atoms with Gasteiger partial charge in [-0.15, -0.1) is 0 Å². The topological polar surface area (TPSA) is 46.5 Å². The van der Waals surface area contributed by atoms with Gasteiger partial charge in [-0.05, 0) is 42.7 Å². The lowest BCUT2D eigenvalue weighted by molar-refractivity contribution is -0.203. The molecule has 0 spiro atoms. The first kappa shape index (κ1) is 19.5. The molecule has 2 aromatic rings. The zero-order valence-corrected chi connectivity index (χ0v) is 14.4. The number of benzene rings is 2. The molecule has 0 heterocycles. The molecule has 0 aliphatic carbocycles. The van der Waals surface area contributed by atoms with Crippen molar-refractivity contribution in [2.45, 2.75) is 35.3 Å². The van der Waals surface area contributed by atoms with Crippen LogP contribution in [-0.4, -0.2) is 34.0 Å². The van der Waals surface area contributed by atoms with Gasteiger partial charge in [-0.25, -0.2) is 0 Å². The predicted octanol–water partition coefficient (Wildman–Crippen LogP) is 3.73. The van der Waals surface area contributed by atoms with Crippen molar-refractivity contribution in [2.24, 2.45) is 0 Å². The molecule has 0 saturated carbocycles. The minimum atomic E-state index is -4.82. The molecule has 136 valence electrons. The van der Waals surface area contributed by atoms with E-state index in [0.29, 0.717) is 5.75 Å². The van der Waals surface area contributed by atoms with Gasteiger partial charge >= 0.3 is 6.18 Å². The standard InChI is InChI=1S/C18H19F3O3S/c1-24-14-10-7-13(8-11-14)9-12-16(17(22)18(19,20)21)25(23)15-5-3-2-4-6-15/h2-8,10-11,16-17,22H,9,12H2,1H3/t16-,17-,25-/m0/s1. The van der Waals surface area contributed by atoms with Crippen LogP contribution in [0, 0.1) is 0 Å². The molecule has 1 N–H and O–H groups in total. The van der Waals surface area contributed by atoms with Crippen molar-refractivity contribution in [3.63, 3.8) is 0 Å². The summed E-state index contributed by atoms with van der Waals surface area (Å²) >= 11 is 0. The molecule has 2 aromatic carbocycles. The number of alkyl halides is 3. The molecule has 0 aliphatic rings. The number of hydrogen-bond acceptors (Lipinski definition) is 3. The average Bonchev–Trinajstić information content (AvgIpc) is 2.62. The van der Waals surface area contributed by atoms with Gasteiger partial charge in [-0.3, -0.25) is 4.21 Å². The zero-order valence-electron chi connectivity index (χ0n) is 13.6. The van der Waals surface area contributed by atoms with Gasteiger partial charge in [0.25, 0.3) is 0 Å². The Kier molecular flexibility index (Phi) is 6.61. The predicted molar refractivity (Wildman–Crippen MR) is 90.0 cm³/mol.